The Hall–Kier alpha value is -1.68. The van der Waals surface area contributed by atoms with Gasteiger partial charge < -0.3 is 10.7 Å². The Labute approximate surface area is 80.8 Å². The summed E-state index contributed by atoms with van der Waals surface area (Å²) in [7, 11) is 0. The standard InChI is InChI=1S/C10H11N3O/c1-6-2-3-7-8(4-6)13-10(14)9(5-11)12-7/h2-4H,5,11H2,1H3,(H,13,14). The fraction of sp³-hybridized carbons (Fsp3) is 0.200. The number of nitrogens with zero attached hydrogens (tertiary/aromatic N) is 1. The maximum absolute atomic E-state index is 11.4. The van der Waals surface area contributed by atoms with Crippen molar-refractivity contribution in [1.82, 2.24) is 9.97 Å². The van der Waals surface area contributed by atoms with Gasteiger partial charge in [0, 0.05) is 6.54 Å². The van der Waals surface area contributed by atoms with Gasteiger partial charge in [-0.05, 0) is 24.6 Å². The molecule has 2 aromatic rings. The summed E-state index contributed by atoms with van der Waals surface area (Å²) in [6, 6.07) is 5.72. The van der Waals surface area contributed by atoms with Gasteiger partial charge in [-0.15, -0.1) is 0 Å². The first kappa shape index (κ1) is 8.90. The first-order chi connectivity index (χ1) is 6.70. The second-order valence-electron chi connectivity index (χ2n) is 3.24. The number of aryl methyl sites for hydroxylation is 1. The monoisotopic (exact) mass is 189 g/mol. The van der Waals surface area contributed by atoms with E-state index >= 15 is 0 Å². The summed E-state index contributed by atoms with van der Waals surface area (Å²) in [5.74, 6) is 0. The van der Waals surface area contributed by atoms with Crippen molar-refractivity contribution in [2.24, 2.45) is 5.73 Å². The molecule has 0 spiro atoms. The molecule has 14 heavy (non-hydrogen) atoms. The molecule has 0 radical (unpaired) electrons. The minimum atomic E-state index is -0.203. The SMILES string of the molecule is Cc1ccc2nc(CN)c(=O)[nH]c2c1. The number of nitrogens with one attached hydrogen (secondary N) is 1. The molecule has 0 bridgehead atoms. The average Bonchev–Trinajstić information content (AvgIpc) is 2.16. The van der Waals surface area contributed by atoms with Gasteiger partial charge in [-0.25, -0.2) is 4.98 Å². The lowest BCUT2D eigenvalue weighted by Gasteiger charge is -2.00. The minimum absolute atomic E-state index is 0.166. The van der Waals surface area contributed by atoms with Crippen LogP contribution in [0.4, 0.5) is 0 Å². The normalized spacial score (nSPS) is 10.7. The van der Waals surface area contributed by atoms with Gasteiger partial charge in [-0.1, -0.05) is 6.07 Å². The van der Waals surface area contributed by atoms with Gasteiger partial charge in [0.05, 0.1) is 11.0 Å². The van der Waals surface area contributed by atoms with Gasteiger partial charge in [0.1, 0.15) is 5.69 Å². The van der Waals surface area contributed by atoms with E-state index in [-0.39, 0.29) is 12.1 Å². The lowest BCUT2D eigenvalue weighted by atomic mass is 10.2. The van der Waals surface area contributed by atoms with Gasteiger partial charge in [-0.3, -0.25) is 4.79 Å². The number of hydrogen-bond acceptors (Lipinski definition) is 3. The van der Waals surface area contributed by atoms with Crippen molar-refractivity contribution in [3.8, 4) is 0 Å². The second kappa shape index (κ2) is 3.23. The van der Waals surface area contributed by atoms with Gasteiger partial charge >= 0.3 is 0 Å². The van der Waals surface area contributed by atoms with Crippen LogP contribution in [0.1, 0.15) is 11.3 Å². The summed E-state index contributed by atoms with van der Waals surface area (Å²) in [5.41, 5.74) is 8.19. The van der Waals surface area contributed by atoms with E-state index in [9.17, 15) is 4.79 Å². The summed E-state index contributed by atoms with van der Waals surface area (Å²) >= 11 is 0. The van der Waals surface area contributed by atoms with Crippen molar-refractivity contribution >= 4 is 11.0 Å². The van der Waals surface area contributed by atoms with Crippen LogP contribution in [0.3, 0.4) is 0 Å². The molecular formula is C10H11N3O. The third-order valence-electron chi connectivity index (χ3n) is 2.11. The molecule has 0 unspecified atom stereocenters. The van der Waals surface area contributed by atoms with Gasteiger partial charge in [0.25, 0.3) is 5.56 Å². The maximum Gasteiger partial charge on any atom is 0.271 e. The Bertz CT molecular complexity index is 530. The molecule has 1 aromatic heterocycles. The molecule has 0 saturated heterocycles. The van der Waals surface area contributed by atoms with Crippen molar-refractivity contribution < 1.29 is 0 Å². The van der Waals surface area contributed by atoms with Crippen LogP contribution >= 0.6 is 0 Å². The molecule has 4 heteroatoms. The van der Waals surface area contributed by atoms with Crippen LogP contribution in [-0.4, -0.2) is 9.97 Å². The second-order valence-corrected chi connectivity index (χ2v) is 3.24. The summed E-state index contributed by atoms with van der Waals surface area (Å²) in [6.07, 6.45) is 0. The number of hydrogen-bond donors (Lipinski definition) is 2. The number of aromatic amines is 1. The lowest BCUT2D eigenvalue weighted by molar-refractivity contribution is 0.959. The van der Waals surface area contributed by atoms with Crippen molar-refractivity contribution in [2.45, 2.75) is 13.5 Å². The molecule has 0 saturated carbocycles. The molecule has 3 N–H and O–H groups in total. The largest absolute Gasteiger partial charge is 0.325 e. The maximum atomic E-state index is 11.4. The van der Waals surface area contributed by atoms with E-state index in [1.807, 2.05) is 25.1 Å². The molecular weight excluding hydrogens is 178 g/mol. The molecule has 1 heterocycles. The van der Waals surface area contributed by atoms with E-state index in [4.69, 9.17) is 5.73 Å². The minimum Gasteiger partial charge on any atom is -0.325 e. The molecule has 72 valence electrons. The van der Waals surface area contributed by atoms with E-state index in [1.165, 1.54) is 0 Å². The fourth-order valence-corrected chi connectivity index (χ4v) is 1.38. The zero-order chi connectivity index (χ0) is 10.1. The number of aromatic nitrogens is 2. The van der Waals surface area contributed by atoms with Crippen molar-refractivity contribution in [1.29, 1.82) is 0 Å². The number of H-pyrrole nitrogens is 1. The average molecular weight is 189 g/mol. The highest BCUT2D eigenvalue weighted by Crippen LogP contribution is 2.09. The molecule has 0 fully saturated rings. The molecule has 0 amide bonds. The quantitative estimate of drug-likeness (QED) is 0.693. The molecule has 0 aliphatic heterocycles. The highest BCUT2D eigenvalue weighted by atomic mass is 16.1. The number of rotatable bonds is 1. The van der Waals surface area contributed by atoms with E-state index in [1.54, 1.807) is 0 Å². The van der Waals surface area contributed by atoms with Crippen LogP contribution in [0.25, 0.3) is 11.0 Å². The predicted molar refractivity (Wildman–Crippen MR) is 55.0 cm³/mol. The van der Waals surface area contributed by atoms with Crippen LogP contribution < -0.4 is 11.3 Å². The molecule has 1 aromatic carbocycles. The van der Waals surface area contributed by atoms with E-state index in [0.29, 0.717) is 5.69 Å². The number of fused-ring (bicyclic) bond motifs is 1. The van der Waals surface area contributed by atoms with Crippen molar-refractivity contribution in [2.75, 3.05) is 0 Å². The number of benzene rings is 1. The summed E-state index contributed by atoms with van der Waals surface area (Å²) in [6.45, 7) is 2.13. The molecule has 0 atom stereocenters. The summed E-state index contributed by atoms with van der Waals surface area (Å²) in [4.78, 5) is 18.3. The third kappa shape index (κ3) is 1.40. The highest BCUT2D eigenvalue weighted by molar-refractivity contribution is 5.74. The van der Waals surface area contributed by atoms with E-state index < -0.39 is 0 Å². The van der Waals surface area contributed by atoms with E-state index in [2.05, 4.69) is 9.97 Å². The first-order valence-corrected chi connectivity index (χ1v) is 4.40. The van der Waals surface area contributed by atoms with Crippen LogP contribution in [0.5, 0.6) is 0 Å². The zero-order valence-corrected chi connectivity index (χ0v) is 7.87. The molecule has 0 aliphatic carbocycles. The topological polar surface area (TPSA) is 71.8 Å². The Kier molecular flexibility index (Phi) is 2.05. The summed E-state index contributed by atoms with van der Waals surface area (Å²) < 4.78 is 0. The van der Waals surface area contributed by atoms with Gasteiger partial charge in [-0.2, -0.15) is 0 Å². The number of nitrogens with two attached hydrogens (primary N) is 1. The predicted octanol–water partition coefficient (Wildman–Crippen LogP) is 0.690. The Morgan fingerprint density at radius 1 is 1.50 bits per heavy atom. The molecule has 0 aliphatic rings. The van der Waals surface area contributed by atoms with Crippen LogP contribution in [0.2, 0.25) is 0 Å². The van der Waals surface area contributed by atoms with Crippen LogP contribution in [0, 0.1) is 6.92 Å². The Balaban J connectivity index is 2.79. The zero-order valence-electron chi connectivity index (χ0n) is 7.87. The van der Waals surface area contributed by atoms with Gasteiger partial charge in [0.15, 0.2) is 0 Å². The fourth-order valence-electron chi connectivity index (χ4n) is 1.38. The lowest BCUT2D eigenvalue weighted by Crippen LogP contribution is -2.18. The van der Waals surface area contributed by atoms with E-state index in [0.717, 1.165) is 16.6 Å². The van der Waals surface area contributed by atoms with Crippen molar-refractivity contribution in [3.63, 3.8) is 0 Å². The van der Waals surface area contributed by atoms with Crippen LogP contribution in [0.15, 0.2) is 23.0 Å². The smallest absolute Gasteiger partial charge is 0.271 e. The molecule has 2 rings (SSSR count). The third-order valence-corrected chi connectivity index (χ3v) is 2.11. The summed E-state index contributed by atoms with van der Waals surface area (Å²) in [5, 5.41) is 0. The van der Waals surface area contributed by atoms with Crippen molar-refractivity contribution in [3.05, 3.63) is 39.8 Å². The Morgan fingerprint density at radius 2 is 2.29 bits per heavy atom. The van der Waals surface area contributed by atoms with Crippen LogP contribution in [-0.2, 0) is 6.54 Å². The van der Waals surface area contributed by atoms with Gasteiger partial charge in [0.2, 0.25) is 0 Å². The first-order valence-electron chi connectivity index (χ1n) is 4.40. The Morgan fingerprint density at radius 3 is 3.00 bits per heavy atom. The highest BCUT2D eigenvalue weighted by Gasteiger charge is 2.02. The molecule has 4 nitrogen and oxygen atoms in total.